The van der Waals surface area contributed by atoms with E-state index in [0.29, 0.717) is 0 Å². The van der Waals surface area contributed by atoms with Crippen molar-refractivity contribution in [2.45, 2.75) is 5.92 Å². The lowest BCUT2D eigenvalue weighted by molar-refractivity contribution is 0.0428. The molecule has 0 bridgehead atoms. The highest BCUT2D eigenvalue weighted by molar-refractivity contribution is 6.42. The summed E-state index contributed by atoms with van der Waals surface area (Å²) in [7, 11) is 0. The van der Waals surface area contributed by atoms with Gasteiger partial charge in [0.1, 0.15) is 0 Å². The first kappa shape index (κ1) is 12.3. The zero-order valence-corrected chi connectivity index (χ0v) is 10.1. The summed E-state index contributed by atoms with van der Waals surface area (Å²) in [6, 6.07) is 11.4. The molecular formula is C13H8Cl2F2. The molecule has 4 heteroatoms. The number of halogens is 4. The molecule has 2 rings (SSSR count). The molecule has 2 aromatic rings. The van der Waals surface area contributed by atoms with Gasteiger partial charge in [0.25, 0.3) is 5.92 Å². The van der Waals surface area contributed by atoms with Crippen LogP contribution < -0.4 is 0 Å². The van der Waals surface area contributed by atoms with Crippen LogP contribution in [-0.4, -0.2) is 0 Å². The van der Waals surface area contributed by atoms with Crippen LogP contribution in [0.15, 0.2) is 48.5 Å². The summed E-state index contributed by atoms with van der Waals surface area (Å²) in [6.07, 6.45) is 0. The molecule has 0 saturated heterocycles. The molecule has 0 unspecified atom stereocenters. The van der Waals surface area contributed by atoms with Crippen LogP contribution in [0, 0.1) is 0 Å². The van der Waals surface area contributed by atoms with Gasteiger partial charge in [0, 0.05) is 11.1 Å². The number of alkyl halides is 2. The molecule has 0 aliphatic heterocycles. The molecule has 0 aliphatic rings. The first-order chi connectivity index (χ1) is 8.01. The van der Waals surface area contributed by atoms with E-state index in [4.69, 9.17) is 23.2 Å². The average Bonchev–Trinajstić information content (AvgIpc) is 2.33. The standard InChI is InChI=1S/C13H8Cl2F2/c14-11-7-6-10(8-12(11)15)13(16,17)9-4-2-1-3-5-9/h1-8H. The quantitative estimate of drug-likeness (QED) is 0.711. The molecular weight excluding hydrogens is 265 g/mol. The van der Waals surface area contributed by atoms with E-state index in [0.717, 1.165) is 0 Å². The summed E-state index contributed by atoms with van der Waals surface area (Å²) in [6.45, 7) is 0. The third-order valence-electron chi connectivity index (χ3n) is 2.42. The Kier molecular flexibility index (Phi) is 3.36. The second-order valence-corrected chi connectivity index (χ2v) is 4.38. The van der Waals surface area contributed by atoms with Crippen molar-refractivity contribution in [3.8, 4) is 0 Å². The Balaban J connectivity index is 2.48. The molecule has 0 atom stereocenters. The monoisotopic (exact) mass is 272 g/mol. The van der Waals surface area contributed by atoms with Crippen LogP contribution in [0.4, 0.5) is 8.78 Å². The maximum atomic E-state index is 14.1. The average molecular weight is 273 g/mol. The highest BCUT2D eigenvalue weighted by Crippen LogP contribution is 2.37. The van der Waals surface area contributed by atoms with Crippen LogP contribution >= 0.6 is 23.2 Å². The van der Waals surface area contributed by atoms with E-state index < -0.39 is 5.92 Å². The summed E-state index contributed by atoms with van der Waals surface area (Å²) in [5.41, 5.74) is -0.239. The SMILES string of the molecule is FC(F)(c1ccccc1)c1ccc(Cl)c(Cl)c1. The predicted octanol–water partition coefficient (Wildman–Crippen LogP) is 5.13. The van der Waals surface area contributed by atoms with Crippen molar-refractivity contribution < 1.29 is 8.78 Å². The lowest BCUT2D eigenvalue weighted by Gasteiger charge is -2.17. The van der Waals surface area contributed by atoms with E-state index in [9.17, 15) is 8.78 Å². The number of rotatable bonds is 2. The molecule has 0 radical (unpaired) electrons. The molecule has 17 heavy (non-hydrogen) atoms. The van der Waals surface area contributed by atoms with Crippen molar-refractivity contribution in [3.63, 3.8) is 0 Å². The second-order valence-electron chi connectivity index (χ2n) is 3.57. The van der Waals surface area contributed by atoms with E-state index in [-0.39, 0.29) is 21.2 Å². The van der Waals surface area contributed by atoms with Gasteiger partial charge in [-0.25, -0.2) is 0 Å². The zero-order valence-electron chi connectivity index (χ0n) is 8.63. The van der Waals surface area contributed by atoms with Crippen molar-refractivity contribution in [1.29, 1.82) is 0 Å². The van der Waals surface area contributed by atoms with Crippen molar-refractivity contribution in [2.75, 3.05) is 0 Å². The molecule has 0 aromatic heterocycles. The number of benzene rings is 2. The van der Waals surface area contributed by atoms with Gasteiger partial charge in [-0.15, -0.1) is 0 Å². The smallest absolute Gasteiger partial charge is 0.196 e. The normalized spacial score (nSPS) is 11.5. The van der Waals surface area contributed by atoms with Gasteiger partial charge in [-0.05, 0) is 12.1 Å². The molecule has 88 valence electrons. The number of hydrogen-bond acceptors (Lipinski definition) is 0. The second kappa shape index (κ2) is 4.63. The van der Waals surface area contributed by atoms with E-state index in [2.05, 4.69) is 0 Å². The highest BCUT2D eigenvalue weighted by Gasteiger charge is 2.33. The zero-order chi connectivity index (χ0) is 12.5. The van der Waals surface area contributed by atoms with Crippen LogP contribution in [0.5, 0.6) is 0 Å². The fourth-order valence-electron chi connectivity index (χ4n) is 1.51. The molecule has 0 saturated carbocycles. The molecule has 0 N–H and O–H groups in total. The molecule has 0 nitrogen and oxygen atoms in total. The Hall–Kier alpha value is -1.12. The van der Waals surface area contributed by atoms with Crippen LogP contribution in [0.25, 0.3) is 0 Å². The van der Waals surface area contributed by atoms with Crippen molar-refractivity contribution in [1.82, 2.24) is 0 Å². The fourth-order valence-corrected chi connectivity index (χ4v) is 1.80. The van der Waals surface area contributed by atoms with Crippen LogP contribution in [-0.2, 0) is 5.92 Å². The maximum absolute atomic E-state index is 14.1. The van der Waals surface area contributed by atoms with Gasteiger partial charge in [0.2, 0.25) is 0 Å². The lowest BCUT2D eigenvalue weighted by atomic mass is 10.0. The van der Waals surface area contributed by atoms with Crippen molar-refractivity contribution >= 4 is 23.2 Å². The minimum absolute atomic E-state index is 0.0709. The molecule has 0 amide bonds. The summed E-state index contributed by atoms with van der Waals surface area (Å²) in [5.74, 6) is -3.07. The predicted molar refractivity (Wildman–Crippen MR) is 65.9 cm³/mol. The Morgan fingerprint density at radius 1 is 0.765 bits per heavy atom. The van der Waals surface area contributed by atoms with E-state index in [1.165, 1.54) is 30.3 Å². The molecule has 0 fully saturated rings. The van der Waals surface area contributed by atoms with Crippen LogP contribution in [0.2, 0.25) is 10.0 Å². The Labute approximate surface area is 108 Å². The van der Waals surface area contributed by atoms with E-state index in [1.54, 1.807) is 18.2 Å². The summed E-state index contributed by atoms with van der Waals surface area (Å²) >= 11 is 11.4. The summed E-state index contributed by atoms with van der Waals surface area (Å²) in [5, 5.41) is 0.388. The van der Waals surface area contributed by atoms with Gasteiger partial charge in [0.05, 0.1) is 10.0 Å². The first-order valence-corrected chi connectivity index (χ1v) is 5.66. The molecule has 2 aromatic carbocycles. The third-order valence-corrected chi connectivity index (χ3v) is 3.16. The van der Waals surface area contributed by atoms with Crippen molar-refractivity contribution in [3.05, 3.63) is 69.7 Å². The topological polar surface area (TPSA) is 0 Å². The largest absolute Gasteiger partial charge is 0.298 e. The lowest BCUT2D eigenvalue weighted by Crippen LogP contribution is -2.14. The third kappa shape index (κ3) is 2.43. The number of hydrogen-bond donors (Lipinski definition) is 0. The van der Waals surface area contributed by atoms with Gasteiger partial charge in [0.15, 0.2) is 0 Å². The van der Waals surface area contributed by atoms with Gasteiger partial charge >= 0.3 is 0 Å². The minimum atomic E-state index is -3.07. The van der Waals surface area contributed by atoms with Crippen LogP contribution in [0.3, 0.4) is 0 Å². The summed E-state index contributed by atoms with van der Waals surface area (Å²) < 4.78 is 28.2. The Morgan fingerprint density at radius 3 is 2.00 bits per heavy atom. The molecule has 0 aliphatic carbocycles. The van der Waals surface area contributed by atoms with Crippen LogP contribution in [0.1, 0.15) is 11.1 Å². The van der Waals surface area contributed by atoms with Gasteiger partial charge in [-0.2, -0.15) is 8.78 Å². The van der Waals surface area contributed by atoms with Gasteiger partial charge in [-0.1, -0.05) is 59.6 Å². The minimum Gasteiger partial charge on any atom is -0.196 e. The van der Waals surface area contributed by atoms with Gasteiger partial charge < -0.3 is 0 Å². The molecule has 0 spiro atoms. The highest BCUT2D eigenvalue weighted by atomic mass is 35.5. The summed E-state index contributed by atoms with van der Waals surface area (Å²) in [4.78, 5) is 0. The Bertz CT molecular complexity index is 524. The fraction of sp³-hybridized carbons (Fsp3) is 0.0769. The van der Waals surface area contributed by atoms with Crippen molar-refractivity contribution in [2.24, 2.45) is 0 Å². The maximum Gasteiger partial charge on any atom is 0.298 e. The van der Waals surface area contributed by atoms with E-state index in [1.807, 2.05) is 0 Å². The van der Waals surface area contributed by atoms with Gasteiger partial charge in [-0.3, -0.25) is 0 Å². The molecule has 0 heterocycles. The first-order valence-electron chi connectivity index (χ1n) is 4.90. The van der Waals surface area contributed by atoms with E-state index >= 15 is 0 Å². The Morgan fingerprint density at radius 2 is 1.41 bits per heavy atom.